The molecule has 7 heteroatoms. The number of hydrogen-bond donors (Lipinski definition) is 0. The van der Waals surface area contributed by atoms with Gasteiger partial charge in [0.05, 0.1) is 5.88 Å². The van der Waals surface area contributed by atoms with Gasteiger partial charge in [-0.1, -0.05) is 6.92 Å². The molecule has 0 aliphatic carbocycles. The molecule has 1 aromatic heterocycles. The first-order valence-electron chi connectivity index (χ1n) is 5.29. The lowest BCUT2D eigenvalue weighted by molar-refractivity contribution is 0.458. The molecular weight excluding hydrogens is 330 g/mol. The van der Waals surface area contributed by atoms with Crippen LogP contribution >= 0.6 is 27.5 Å². The Morgan fingerprint density at radius 2 is 2.35 bits per heavy atom. The molecule has 1 atom stereocenters. The van der Waals surface area contributed by atoms with E-state index in [9.17, 15) is 8.42 Å². The third kappa shape index (κ3) is 2.54. The minimum absolute atomic E-state index is 0.157. The highest BCUT2D eigenvalue weighted by molar-refractivity contribution is 9.10. The molecular formula is C10H13BrClNO3S. The quantitative estimate of drug-likeness (QED) is 0.794. The smallest absolute Gasteiger partial charge is 0.247 e. The van der Waals surface area contributed by atoms with Gasteiger partial charge in [-0.05, 0) is 28.3 Å². The molecule has 4 nitrogen and oxygen atoms in total. The lowest BCUT2D eigenvalue weighted by Crippen LogP contribution is -2.28. The summed E-state index contributed by atoms with van der Waals surface area (Å²) in [5.41, 5.74) is 0. The Hall–Kier alpha value is -0.0400. The maximum Gasteiger partial charge on any atom is 0.247 e. The molecule has 17 heavy (non-hydrogen) atoms. The second kappa shape index (κ2) is 4.91. The fraction of sp³-hybridized carbons (Fsp3) is 0.600. The van der Waals surface area contributed by atoms with Crippen LogP contribution < -0.4 is 0 Å². The van der Waals surface area contributed by atoms with Crippen LogP contribution in [0.2, 0.25) is 0 Å². The van der Waals surface area contributed by atoms with Gasteiger partial charge in [0, 0.05) is 19.2 Å². The van der Waals surface area contributed by atoms with Gasteiger partial charge in [-0.15, -0.1) is 11.6 Å². The zero-order chi connectivity index (χ0) is 12.6. The monoisotopic (exact) mass is 341 g/mol. The standard InChI is InChI=1S/C10H13BrClNO3S/c1-7-2-3-13(6-7)17(14,15)9-4-8(5-12)16-10(9)11/h4,7H,2-3,5-6H2,1H3. The van der Waals surface area contributed by atoms with E-state index in [4.69, 9.17) is 16.0 Å². The third-order valence-electron chi connectivity index (χ3n) is 2.84. The van der Waals surface area contributed by atoms with Gasteiger partial charge >= 0.3 is 0 Å². The maximum absolute atomic E-state index is 12.3. The molecule has 0 aromatic carbocycles. The Bertz CT molecular complexity index is 514. The zero-order valence-corrected chi connectivity index (χ0v) is 12.5. The number of rotatable bonds is 3. The summed E-state index contributed by atoms with van der Waals surface area (Å²) in [6.07, 6.45) is 0.900. The molecule has 0 N–H and O–H groups in total. The van der Waals surface area contributed by atoms with Gasteiger partial charge in [0.15, 0.2) is 4.67 Å². The summed E-state index contributed by atoms with van der Waals surface area (Å²) in [6, 6.07) is 1.48. The van der Waals surface area contributed by atoms with E-state index in [-0.39, 0.29) is 15.4 Å². The van der Waals surface area contributed by atoms with Crippen molar-refractivity contribution in [2.24, 2.45) is 5.92 Å². The van der Waals surface area contributed by atoms with Crippen molar-refractivity contribution in [2.45, 2.75) is 24.1 Å². The van der Waals surface area contributed by atoms with Crippen molar-refractivity contribution in [1.82, 2.24) is 4.31 Å². The molecule has 1 aromatic rings. The van der Waals surface area contributed by atoms with E-state index in [0.717, 1.165) is 6.42 Å². The summed E-state index contributed by atoms with van der Waals surface area (Å²) < 4.78 is 31.6. The van der Waals surface area contributed by atoms with Crippen molar-refractivity contribution in [3.05, 3.63) is 16.5 Å². The van der Waals surface area contributed by atoms with Gasteiger partial charge in [-0.25, -0.2) is 8.42 Å². The van der Waals surface area contributed by atoms with E-state index in [1.54, 1.807) is 0 Å². The fourth-order valence-corrected chi connectivity index (χ4v) is 4.56. The first-order valence-corrected chi connectivity index (χ1v) is 8.06. The van der Waals surface area contributed by atoms with Crippen LogP contribution in [0.4, 0.5) is 0 Å². The molecule has 0 bridgehead atoms. The topological polar surface area (TPSA) is 50.5 Å². The summed E-state index contributed by atoms with van der Waals surface area (Å²) in [4.78, 5) is 0.169. The Balaban J connectivity index is 2.34. The van der Waals surface area contributed by atoms with Crippen LogP contribution in [0.15, 0.2) is 20.0 Å². The second-order valence-corrected chi connectivity index (χ2v) is 7.14. The van der Waals surface area contributed by atoms with Crippen molar-refractivity contribution in [3.8, 4) is 0 Å². The lowest BCUT2D eigenvalue weighted by Gasteiger charge is -2.14. The molecule has 1 unspecified atom stereocenters. The molecule has 1 fully saturated rings. The third-order valence-corrected chi connectivity index (χ3v) is 5.83. The molecule has 2 heterocycles. The van der Waals surface area contributed by atoms with Crippen LogP contribution in [0.3, 0.4) is 0 Å². The normalized spacial score (nSPS) is 22.2. The summed E-state index contributed by atoms with van der Waals surface area (Å²) in [6.45, 7) is 3.18. The number of sulfonamides is 1. The number of alkyl halides is 1. The Labute approximate surface area is 114 Å². The van der Waals surface area contributed by atoms with Crippen LogP contribution in [0.25, 0.3) is 0 Å². The van der Waals surface area contributed by atoms with Crippen LogP contribution in [-0.4, -0.2) is 25.8 Å². The summed E-state index contributed by atoms with van der Waals surface area (Å²) in [7, 11) is -3.46. The molecule has 1 aliphatic rings. The van der Waals surface area contributed by atoms with Gasteiger partial charge in [0.2, 0.25) is 10.0 Å². The van der Waals surface area contributed by atoms with E-state index >= 15 is 0 Å². The average Bonchev–Trinajstić information content (AvgIpc) is 2.85. The second-order valence-electron chi connectivity index (χ2n) is 4.24. The van der Waals surface area contributed by atoms with Crippen LogP contribution in [0, 0.1) is 5.92 Å². The summed E-state index contributed by atoms with van der Waals surface area (Å²) in [5.74, 6) is 1.01. The molecule has 1 saturated heterocycles. The fourth-order valence-electron chi connectivity index (χ4n) is 1.89. The largest absolute Gasteiger partial charge is 0.452 e. The van der Waals surface area contributed by atoms with E-state index in [2.05, 4.69) is 15.9 Å². The number of hydrogen-bond acceptors (Lipinski definition) is 3. The maximum atomic E-state index is 12.3. The predicted octanol–water partition coefficient (Wildman–Crippen LogP) is 2.81. The average molecular weight is 343 g/mol. The molecule has 0 radical (unpaired) electrons. The van der Waals surface area contributed by atoms with Crippen LogP contribution in [0.1, 0.15) is 19.1 Å². The highest BCUT2D eigenvalue weighted by Gasteiger charge is 2.33. The number of furan rings is 1. The van der Waals surface area contributed by atoms with Gasteiger partial charge in [0.1, 0.15) is 10.7 Å². The molecule has 0 spiro atoms. The Morgan fingerprint density at radius 3 is 2.82 bits per heavy atom. The number of nitrogens with zero attached hydrogens (tertiary/aromatic N) is 1. The summed E-state index contributed by atoms with van der Waals surface area (Å²) >= 11 is 8.75. The molecule has 96 valence electrons. The molecule has 0 saturated carbocycles. The van der Waals surface area contributed by atoms with Crippen molar-refractivity contribution >= 4 is 37.6 Å². The molecule has 1 aliphatic heterocycles. The molecule has 0 amide bonds. The SMILES string of the molecule is CC1CCN(S(=O)(=O)c2cc(CCl)oc2Br)C1. The van der Waals surface area contributed by atoms with Crippen molar-refractivity contribution in [1.29, 1.82) is 0 Å². The van der Waals surface area contributed by atoms with Gasteiger partial charge < -0.3 is 4.42 Å². The van der Waals surface area contributed by atoms with E-state index < -0.39 is 10.0 Å². The first kappa shape index (κ1) is 13.4. The Morgan fingerprint density at radius 1 is 1.65 bits per heavy atom. The summed E-state index contributed by atoms with van der Waals surface area (Å²) in [5, 5.41) is 0. The van der Waals surface area contributed by atoms with E-state index in [1.807, 2.05) is 6.92 Å². The lowest BCUT2D eigenvalue weighted by atomic mass is 10.2. The highest BCUT2D eigenvalue weighted by atomic mass is 79.9. The van der Waals surface area contributed by atoms with Crippen molar-refractivity contribution in [2.75, 3.05) is 13.1 Å². The molecule has 2 rings (SSSR count). The van der Waals surface area contributed by atoms with Crippen molar-refractivity contribution < 1.29 is 12.8 Å². The van der Waals surface area contributed by atoms with Crippen molar-refractivity contribution in [3.63, 3.8) is 0 Å². The van der Waals surface area contributed by atoms with E-state index in [1.165, 1.54) is 10.4 Å². The van der Waals surface area contributed by atoms with Crippen LogP contribution in [-0.2, 0) is 15.9 Å². The Kier molecular flexibility index (Phi) is 3.87. The van der Waals surface area contributed by atoms with Gasteiger partial charge in [-0.2, -0.15) is 4.31 Å². The minimum atomic E-state index is -3.46. The van der Waals surface area contributed by atoms with Gasteiger partial charge in [-0.3, -0.25) is 0 Å². The van der Waals surface area contributed by atoms with Crippen LogP contribution in [0.5, 0.6) is 0 Å². The minimum Gasteiger partial charge on any atom is -0.452 e. The van der Waals surface area contributed by atoms with E-state index in [0.29, 0.717) is 24.8 Å². The number of halogens is 2. The predicted molar refractivity (Wildman–Crippen MR) is 68.5 cm³/mol. The van der Waals surface area contributed by atoms with Gasteiger partial charge in [0.25, 0.3) is 0 Å². The first-order chi connectivity index (χ1) is 7.95. The zero-order valence-electron chi connectivity index (χ0n) is 9.32. The highest BCUT2D eigenvalue weighted by Crippen LogP contribution is 2.31.